The van der Waals surface area contributed by atoms with Crippen molar-refractivity contribution in [3.05, 3.63) is 47.0 Å². The zero-order chi connectivity index (χ0) is 16.6. The number of nitrogens with one attached hydrogen (secondary N) is 2. The first-order chi connectivity index (χ1) is 10.9. The topological polar surface area (TPSA) is 84.5 Å². The van der Waals surface area contributed by atoms with Crippen LogP contribution in [-0.2, 0) is 21.2 Å². The Labute approximate surface area is 138 Å². The van der Waals surface area contributed by atoms with E-state index in [4.69, 9.17) is 16.3 Å². The molecule has 1 aliphatic rings. The Kier molecular flexibility index (Phi) is 3.91. The lowest BCUT2D eigenvalue weighted by molar-refractivity contribution is -0.115. The molecule has 1 amide bonds. The molecule has 2 aromatic carbocycles. The van der Waals surface area contributed by atoms with Crippen molar-refractivity contribution in [3.63, 3.8) is 0 Å². The smallest absolute Gasteiger partial charge is 0.262 e. The van der Waals surface area contributed by atoms with Crippen molar-refractivity contribution >= 4 is 38.9 Å². The summed E-state index contributed by atoms with van der Waals surface area (Å²) in [6.07, 6.45) is 0.166. The molecule has 0 saturated heterocycles. The van der Waals surface area contributed by atoms with E-state index >= 15 is 0 Å². The van der Waals surface area contributed by atoms with Gasteiger partial charge in [0.2, 0.25) is 5.91 Å². The summed E-state index contributed by atoms with van der Waals surface area (Å²) in [5, 5.41) is 3.04. The van der Waals surface area contributed by atoms with Crippen LogP contribution in [0.5, 0.6) is 5.75 Å². The number of rotatable bonds is 4. The lowest BCUT2D eigenvalue weighted by Gasteiger charge is -2.12. The number of benzene rings is 2. The number of sulfonamides is 1. The minimum Gasteiger partial charge on any atom is -0.495 e. The Morgan fingerprint density at radius 2 is 2.00 bits per heavy atom. The molecule has 0 spiro atoms. The predicted octanol–water partition coefficient (Wildman–Crippen LogP) is 2.64. The Hall–Kier alpha value is -2.25. The van der Waals surface area contributed by atoms with E-state index in [1.54, 1.807) is 18.2 Å². The number of halogens is 1. The molecule has 0 aromatic heterocycles. The highest BCUT2D eigenvalue weighted by Crippen LogP contribution is 2.31. The molecule has 6 nitrogen and oxygen atoms in total. The van der Waals surface area contributed by atoms with E-state index in [1.807, 2.05) is 0 Å². The lowest BCUT2D eigenvalue weighted by Crippen LogP contribution is -2.14. The van der Waals surface area contributed by atoms with E-state index in [0.717, 1.165) is 0 Å². The zero-order valence-electron chi connectivity index (χ0n) is 12.1. The quantitative estimate of drug-likeness (QED) is 0.885. The third-order valence-corrected chi connectivity index (χ3v) is 5.02. The Bertz CT molecular complexity index is 896. The number of methoxy groups -OCH3 is 1. The number of hydrogen-bond acceptors (Lipinski definition) is 4. The fourth-order valence-electron chi connectivity index (χ4n) is 2.34. The summed E-state index contributed by atoms with van der Waals surface area (Å²) in [6, 6.07) is 9.13. The standard InChI is InChI=1S/C15H13ClN2O4S/c1-22-14-5-2-10(16)8-13(14)18-23(20,21)11-3-4-12-9(6-11)7-15(19)17-12/h2-6,8,18H,7H2,1H3,(H,17,19). The van der Waals surface area contributed by atoms with Crippen molar-refractivity contribution in [1.29, 1.82) is 0 Å². The first-order valence-electron chi connectivity index (χ1n) is 6.68. The highest BCUT2D eigenvalue weighted by atomic mass is 35.5. The summed E-state index contributed by atoms with van der Waals surface area (Å²) in [6.45, 7) is 0. The Morgan fingerprint density at radius 3 is 2.74 bits per heavy atom. The van der Waals surface area contributed by atoms with Gasteiger partial charge in [0.15, 0.2) is 0 Å². The van der Waals surface area contributed by atoms with Gasteiger partial charge in [0.25, 0.3) is 10.0 Å². The summed E-state index contributed by atoms with van der Waals surface area (Å²) < 4.78 is 32.7. The van der Waals surface area contributed by atoms with Crippen LogP contribution in [0, 0.1) is 0 Å². The van der Waals surface area contributed by atoms with Crippen LogP contribution in [0.2, 0.25) is 5.02 Å². The average molecular weight is 353 g/mol. The van der Waals surface area contributed by atoms with Gasteiger partial charge >= 0.3 is 0 Å². The van der Waals surface area contributed by atoms with Crippen LogP contribution in [-0.4, -0.2) is 21.4 Å². The highest BCUT2D eigenvalue weighted by molar-refractivity contribution is 7.92. The maximum atomic E-state index is 12.5. The van der Waals surface area contributed by atoms with E-state index in [9.17, 15) is 13.2 Å². The van der Waals surface area contributed by atoms with Crippen molar-refractivity contribution in [1.82, 2.24) is 0 Å². The van der Waals surface area contributed by atoms with Gasteiger partial charge in [-0.2, -0.15) is 0 Å². The molecule has 120 valence electrons. The molecule has 2 N–H and O–H groups in total. The SMILES string of the molecule is COc1ccc(Cl)cc1NS(=O)(=O)c1ccc2c(c1)CC(=O)N2. The molecule has 0 bridgehead atoms. The fourth-order valence-corrected chi connectivity index (χ4v) is 3.62. The zero-order valence-corrected chi connectivity index (χ0v) is 13.7. The van der Waals surface area contributed by atoms with E-state index in [-0.39, 0.29) is 22.9 Å². The molecule has 0 saturated carbocycles. The molecule has 1 aliphatic heterocycles. The number of fused-ring (bicyclic) bond motifs is 1. The first-order valence-corrected chi connectivity index (χ1v) is 8.54. The number of anilines is 2. The van der Waals surface area contributed by atoms with Crippen LogP contribution in [0.3, 0.4) is 0 Å². The van der Waals surface area contributed by atoms with Gasteiger partial charge in [-0.25, -0.2) is 8.42 Å². The third kappa shape index (κ3) is 3.11. The second kappa shape index (κ2) is 5.75. The van der Waals surface area contributed by atoms with Crippen molar-refractivity contribution in [2.75, 3.05) is 17.1 Å². The van der Waals surface area contributed by atoms with Crippen LogP contribution in [0.1, 0.15) is 5.56 Å². The number of carbonyl (C=O) groups excluding carboxylic acids is 1. The summed E-state index contributed by atoms with van der Waals surface area (Å²) in [7, 11) is -2.39. The second-order valence-corrected chi connectivity index (χ2v) is 7.11. The Balaban J connectivity index is 1.96. The van der Waals surface area contributed by atoms with E-state index < -0.39 is 10.0 Å². The minimum absolute atomic E-state index is 0.0646. The fraction of sp³-hybridized carbons (Fsp3) is 0.133. The number of carbonyl (C=O) groups is 1. The molecule has 2 aromatic rings. The molecule has 0 aliphatic carbocycles. The molecule has 3 rings (SSSR count). The molecule has 0 atom stereocenters. The van der Waals surface area contributed by atoms with E-state index in [2.05, 4.69) is 10.0 Å². The molecule has 1 heterocycles. The largest absolute Gasteiger partial charge is 0.495 e. The average Bonchev–Trinajstić information content (AvgIpc) is 2.86. The molecule has 0 unspecified atom stereocenters. The molecular formula is C15H13ClN2O4S. The molecule has 23 heavy (non-hydrogen) atoms. The van der Waals surface area contributed by atoms with Crippen LogP contribution in [0.15, 0.2) is 41.3 Å². The van der Waals surface area contributed by atoms with Gasteiger partial charge in [0.05, 0.1) is 24.1 Å². The maximum absolute atomic E-state index is 12.5. The van der Waals surface area contributed by atoms with Crippen LogP contribution in [0.25, 0.3) is 0 Å². The highest BCUT2D eigenvalue weighted by Gasteiger charge is 2.22. The molecule has 8 heteroatoms. The molecular weight excluding hydrogens is 340 g/mol. The maximum Gasteiger partial charge on any atom is 0.262 e. The van der Waals surface area contributed by atoms with Crippen LogP contribution >= 0.6 is 11.6 Å². The molecule has 0 radical (unpaired) electrons. The van der Waals surface area contributed by atoms with Gasteiger partial charge in [-0.1, -0.05) is 11.6 Å². The van der Waals surface area contributed by atoms with Crippen LogP contribution in [0.4, 0.5) is 11.4 Å². The normalized spacial score (nSPS) is 13.4. The number of ether oxygens (including phenoxy) is 1. The van der Waals surface area contributed by atoms with Gasteiger partial charge in [0.1, 0.15) is 5.75 Å². The van der Waals surface area contributed by atoms with Gasteiger partial charge in [-0.15, -0.1) is 0 Å². The minimum atomic E-state index is -3.83. The van der Waals surface area contributed by atoms with Gasteiger partial charge < -0.3 is 10.1 Å². The van der Waals surface area contributed by atoms with E-state index in [0.29, 0.717) is 22.0 Å². The van der Waals surface area contributed by atoms with Crippen molar-refractivity contribution in [2.45, 2.75) is 11.3 Å². The third-order valence-electron chi connectivity index (χ3n) is 3.42. The molecule has 0 fully saturated rings. The van der Waals surface area contributed by atoms with Gasteiger partial charge in [-0.3, -0.25) is 9.52 Å². The van der Waals surface area contributed by atoms with Gasteiger partial charge in [0, 0.05) is 10.7 Å². The second-order valence-electron chi connectivity index (χ2n) is 4.99. The number of hydrogen-bond donors (Lipinski definition) is 2. The lowest BCUT2D eigenvalue weighted by atomic mass is 10.2. The number of amides is 1. The Morgan fingerprint density at radius 1 is 1.22 bits per heavy atom. The summed E-state index contributed by atoms with van der Waals surface area (Å²) in [5.41, 5.74) is 1.53. The predicted molar refractivity (Wildman–Crippen MR) is 87.6 cm³/mol. The van der Waals surface area contributed by atoms with Crippen molar-refractivity contribution in [2.24, 2.45) is 0 Å². The summed E-state index contributed by atoms with van der Waals surface area (Å²) in [4.78, 5) is 11.4. The monoisotopic (exact) mass is 352 g/mol. The van der Waals surface area contributed by atoms with Crippen LogP contribution < -0.4 is 14.8 Å². The van der Waals surface area contributed by atoms with Gasteiger partial charge in [-0.05, 0) is 42.0 Å². The van der Waals surface area contributed by atoms with Crippen molar-refractivity contribution in [3.8, 4) is 5.75 Å². The van der Waals surface area contributed by atoms with E-state index in [1.165, 1.54) is 25.3 Å². The first kappa shape index (κ1) is 15.6. The summed E-state index contributed by atoms with van der Waals surface area (Å²) in [5.74, 6) is 0.204. The van der Waals surface area contributed by atoms with Crippen molar-refractivity contribution < 1.29 is 17.9 Å². The summed E-state index contributed by atoms with van der Waals surface area (Å²) >= 11 is 5.91.